The SMILES string of the molecule is CC(=O)NC12SCc3ccc(cc3)C13CC=CCC23. The molecule has 1 N–H and O–H groups in total. The number of carbonyl (C=O) groups is 1. The third-order valence-electron chi connectivity index (χ3n) is 4.94. The molecule has 1 spiro atoms. The average molecular weight is 271 g/mol. The van der Waals surface area contributed by atoms with Gasteiger partial charge in [-0.2, -0.15) is 0 Å². The summed E-state index contributed by atoms with van der Waals surface area (Å²) in [4.78, 5) is 11.6. The van der Waals surface area contributed by atoms with Crippen LogP contribution >= 0.6 is 11.8 Å². The summed E-state index contributed by atoms with van der Waals surface area (Å²) in [6.45, 7) is 1.64. The van der Waals surface area contributed by atoms with Crippen molar-refractivity contribution in [2.24, 2.45) is 5.92 Å². The van der Waals surface area contributed by atoms with Gasteiger partial charge in [0.1, 0.15) is 4.87 Å². The van der Waals surface area contributed by atoms with Crippen molar-refractivity contribution in [2.75, 3.05) is 0 Å². The average Bonchev–Trinajstić information content (AvgIpc) is 2.96. The number of nitrogens with one attached hydrogen (secondary N) is 1. The molecule has 0 saturated heterocycles. The number of rotatable bonds is 1. The molecule has 0 radical (unpaired) electrons. The second-order valence-electron chi connectivity index (χ2n) is 5.84. The first-order valence-electron chi connectivity index (χ1n) is 6.86. The maximum absolute atomic E-state index is 11.7. The van der Waals surface area contributed by atoms with E-state index in [4.69, 9.17) is 0 Å². The normalized spacial score (nSPS) is 37.8. The van der Waals surface area contributed by atoms with Crippen LogP contribution in [0.3, 0.4) is 0 Å². The molecule has 3 atom stereocenters. The van der Waals surface area contributed by atoms with E-state index in [0.29, 0.717) is 5.92 Å². The zero-order chi connectivity index (χ0) is 13.1. The molecule has 3 heteroatoms. The Balaban J connectivity index is 1.87. The number of thioether (sulfide) groups is 1. The fraction of sp³-hybridized carbons (Fsp3) is 0.438. The van der Waals surface area contributed by atoms with E-state index in [-0.39, 0.29) is 16.2 Å². The number of amides is 1. The van der Waals surface area contributed by atoms with Crippen molar-refractivity contribution in [1.82, 2.24) is 5.32 Å². The Morgan fingerprint density at radius 2 is 2.11 bits per heavy atom. The van der Waals surface area contributed by atoms with Crippen LogP contribution in [0.5, 0.6) is 0 Å². The van der Waals surface area contributed by atoms with Gasteiger partial charge in [0.25, 0.3) is 0 Å². The Morgan fingerprint density at radius 1 is 1.32 bits per heavy atom. The lowest BCUT2D eigenvalue weighted by atomic mass is 9.85. The number of hydrogen-bond donors (Lipinski definition) is 1. The van der Waals surface area contributed by atoms with Crippen molar-refractivity contribution in [2.45, 2.75) is 35.8 Å². The van der Waals surface area contributed by atoms with Crippen LogP contribution in [0.1, 0.15) is 30.9 Å². The third kappa shape index (κ3) is 1.32. The van der Waals surface area contributed by atoms with E-state index in [1.807, 2.05) is 11.8 Å². The van der Waals surface area contributed by atoms with Gasteiger partial charge >= 0.3 is 0 Å². The molecule has 3 unspecified atom stereocenters. The molecule has 1 amide bonds. The minimum Gasteiger partial charge on any atom is -0.341 e. The first-order valence-corrected chi connectivity index (χ1v) is 7.85. The van der Waals surface area contributed by atoms with Crippen LogP contribution in [0.2, 0.25) is 0 Å². The predicted octanol–water partition coefficient (Wildman–Crippen LogP) is 2.98. The van der Waals surface area contributed by atoms with Crippen LogP contribution in [0.15, 0.2) is 36.4 Å². The van der Waals surface area contributed by atoms with E-state index >= 15 is 0 Å². The summed E-state index contributed by atoms with van der Waals surface area (Å²) >= 11 is 1.93. The van der Waals surface area contributed by atoms with Gasteiger partial charge < -0.3 is 5.32 Å². The summed E-state index contributed by atoms with van der Waals surface area (Å²) in [5, 5.41) is 3.30. The maximum Gasteiger partial charge on any atom is 0.217 e. The Bertz CT molecular complexity index is 579. The predicted molar refractivity (Wildman–Crippen MR) is 77.8 cm³/mol. The quantitative estimate of drug-likeness (QED) is 0.796. The van der Waals surface area contributed by atoms with Crippen molar-refractivity contribution in [3.63, 3.8) is 0 Å². The molecule has 4 aliphatic rings. The van der Waals surface area contributed by atoms with E-state index in [9.17, 15) is 4.79 Å². The van der Waals surface area contributed by atoms with E-state index in [0.717, 1.165) is 18.6 Å². The summed E-state index contributed by atoms with van der Waals surface area (Å²) in [5.74, 6) is 1.62. The second kappa shape index (κ2) is 3.66. The standard InChI is InChI=1S/C16H17NOS/c1-11(18)17-16-14-4-2-3-9-15(14,16)13-7-5-12(6-8-13)10-19-16/h2-3,5-8,14H,4,9-10H2,1H3,(H,17,18). The minimum atomic E-state index is -0.0849. The van der Waals surface area contributed by atoms with E-state index in [1.165, 1.54) is 11.1 Å². The number of hydrogen-bond acceptors (Lipinski definition) is 2. The Hall–Kier alpha value is -1.22. The molecule has 1 aromatic carbocycles. The molecule has 0 aromatic heterocycles. The zero-order valence-electron chi connectivity index (χ0n) is 11.0. The fourth-order valence-electron chi connectivity index (χ4n) is 4.10. The van der Waals surface area contributed by atoms with Crippen LogP contribution < -0.4 is 5.32 Å². The highest BCUT2D eigenvalue weighted by atomic mass is 32.2. The Labute approximate surface area is 117 Å². The molecule has 2 nitrogen and oxygen atoms in total. The van der Waals surface area contributed by atoms with Crippen molar-refractivity contribution in [3.05, 3.63) is 47.5 Å². The smallest absolute Gasteiger partial charge is 0.217 e. The molecule has 2 heterocycles. The lowest BCUT2D eigenvalue weighted by Gasteiger charge is -2.28. The topological polar surface area (TPSA) is 29.1 Å². The molecule has 1 fully saturated rings. The summed E-state index contributed by atoms with van der Waals surface area (Å²) in [5.41, 5.74) is 2.87. The fourth-order valence-corrected chi connectivity index (χ4v) is 5.95. The summed E-state index contributed by atoms with van der Waals surface area (Å²) < 4.78 is 0. The lowest BCUT2D eigenvalue weighted by molar-refractivity contribution is -0.119. The summed E-state index contributed by atoms with van der Waals surface area (Å²) in [7, 11) is 0. The first-order chi connectivity index (χ1) is 9.19. The third-order valence-corrected chi connectivity index (χ3v) is 6.62. The largest absolute Gasteiger partial charge is 0.341 e. The molecule has 19 heavy (non-hydrogen) atoms. The van der Waals surface area contributed by atoms with Gasteiger partial charge in [0.05, 0.1) is 0 Å². The van der Waals surface area contributed by atoms with Gasteiger partial charge in [0, 0.05) is 24.0 Å². The first kappa shape index (κ1) is 11.6. The van der Waals surface area contributed by atoms with E-state index in [2.05, 4.69) is 41.7 Å². The highest BCUT2D eigenvalue weighted by Gasteiger charge is 2.77. The molecular formula is C16H17NOS. The van der Waals surface area contributed by atoms with Crippen molar-refractivity contribution in [3.8, 4) is 0 Å². The lowest BCUT2D eigenvalue weighted by Crippen LogP contribution is -2.40. The summed E-state index contributed by atoms with van der Waals surface area (Å²) in [6.07, 6.45) is 6.69. The van der Waals surface area contributed by atoms with Crippen LogP contribution in [-0.4, -0.2) is 10.8 Å². The van der Waals surface area contributed by atoms with Gasteiger partial charge in [0.15, 0.2) is 0 Å². The zero-order valence-corrected chi connectivity index (χ0v) is 11.8. The Morgan fingerprint density at radius 3 is 2.84 bits per heavy atom. The van der Waals surface area contributed by atoms with Crippen molar-refractivity contribution >= 4 is 17.7 Å². The molecule has 98 valence electrons. The van der Waals surface area contributed by atoms with Gasteiger partial charge in [0.2, 0.25) is 5.91 Å². The van der Waals surface area contributed by atoms with Gasteiger partial charge in [-0.25, -0.2) is 0 Å². The van der Waals surface area contributed by atoms with Gasteiger partial charge in [-0.15, -0.1) is 11.8 Å². The molecule has 2 aliphatic heterocycles. The van der Waals surface area contributed by atoms with Crippen LogP contribution in [0, 0.1) is 5.92 Å². The van der Waals surface area contributed by atoms with Crippen LogP contribution in [0.25, 0.3) is 0 Å². The number of allylic oxidation sites excluding steroid dienone is 2. The molecular weight excluding hydrogens is 254 g/mol. The molecule has 2 bridgehead atoms. The van der Waals surface area contributed by atoms with Crippen molar-refractivity contribution in [1.29, 1.82) is 0 Å². The Kier molecular flexibility index (Phi) is 2.23. The maximum atomic E-state index is 11.7. The number of fused-ring (bicyclic) bond motifs is 3. The minimum absolute atomic E-state index is 0.0849. The molecule has 1 aromatic rings. The van der Waals surface area contributed by atoms with Crippen LogP contribution in [-0.2, 0) is 16.0 Å². The monoisotopic (exact) mass is 271 g/mol. The van der Waals surface area contributed by atoms with E-state index in [1.54, 1.807) is 6.92 Å². The number of benzene rings is 1. The van der Waals surface area contributed by atoms with Crippen LogP contribution in [0.4, 0.5) is 0 Å². The van der Waals surface area contributed by atoms with Gasteiger partial charge in [-0.3, -0.25) is 4.79 Å². The highest BCUT2D eigenvalue weighted by Crippen LogP contribution is 2.73. The van der Waals surface area contributed by atoms with Gasteiger partial charge in [-0.05, 0) is 24.0 Å². The van der Waals surface area contributed by atoms with E-state index < -0.39 is 0 Å². The molecule has 5 rings (SSSR count). The molecule has 2 aliphatic carbocycles. The second-order valence-corrected chi connectivity index (χ2v) is 7.06. The van der Waals surface area contributed by atoms with Crippen molar-refractivity contribution < 1.29 is 4.79 Å². The van der Waals surface area contributed by atoms with Gasteiger partial charge in [-0.1, -0.05) is 36.4 Å². The summed E-state index contributed by atoms with van der Waals surface area (Å²) in [6, 6.07) is 9.01. The highest BCUT2D eigenvalue weighted by molar-refractivity contribution is 8.00. The number of carbonyl (C=O) groups excluding carboxylic acids is 1. The molecule has 1 saturated carbocycles.